The van der Waals surface area contributed by atoms with Gasteiger partial charge in [0.05, 0.1) is 5.82 Å². The highest BCUT2D eigenvalue weighted by molar-refractivity contribution is 5.92. The molecule has 0 unspecified atom stereocenters. The number of rotatable bonds is 4. The van der Waals surface area contributed by atoms with Gasteiger partial charge in [0.25, 0.3) is 0 Å². The lowest BCUT2D eigenvalue weighted by molar-refractivity contribution is -0.114. The second kappa shape index (κ2) is 5.34. The lowest BCUT2D eigenvalue weighted by Gasteiger charge is -2.04. The Morgan fingerprint density at radius 3 is 2.58 bits per heavy atom. The first-order valence-electron chi connectivity index (χ1n) is 5.66. The lowest BCUT2D eigenvalue weighted by atomic mass is 10.0. The lowest BCUT2D eigenvalue weighted by Crippen LogP contribution is -2.16. The number of amides is 1. The largest absolute Gasteiger partial charge is 0.454 e. The number of primary amides is 1. The molecule has 1 heterocycles. The van der Waals surface area contributed by atoms with E-state index in [9.17, 15) is 4.79 Å². The summed E-state index contributed by atoms with van der Waals surface area (Å²) in [5.74, 6) is 0.953. The number of hydrogen-bond donors (Lipinski definition) is 3. The fourth-order valence-corrected chi connectivity index (χ4v) is 1.70. The number of nitrogens with two attached hydrogens (primary N) is 3. The zero-order valence-electron chi connectivity index (χ0n) is 10.3. The maximum absolute atomic E-state index is 11.3. The van der Waals surface area contributed by atoms with E-state index in [1.54, 1.807) is 6.07 Å². The Morgan fingerprint density at radius 1 is 1.16 bits per heavy atom. The van der Waals surface area contributed by atoms with Crippen molar-refractivity contribution >= 4 is 5.91 Å². The summed E-state index contributed by atoms with van der Waals surface area (Å²) < 4.78 is 10.5. The molecule has 1 aliphatic heterocycles. The van der Waals surface area contributed by atoms with Gasteiger partial charge in [0.1, 0.15) is 0 Å². The van der Waals surface area contributed by atoms with Crippen LogP contribution >= 0.6 is 0 Å². The van der Waals surface area contributed by atoms with Gasteiger partial charge in [-0.15, -0.1) is 0 Å². The van der Waals surface area contributed by atoms with Gasteiger partial charge in [-0.1, -0.05) is 6.07 Å². The molecule has 1 aliphatic rings. The average molecular weight is 261 g/mol. The topological polar surface area (TPSA) is 114 Å². The maximum atomic E-state index is 11.3. The third-order valence-corrected chi connectivity index (χ3v) is 2.63. The quantitative estimate of drug-likeness (QED) is 0.526. The molecule has 1 amide bonds. The Kier molecular flexibility index (Phi) is 3.61. The molecule has 0 fully saturated rings. The standard InChI is InChI=1S/C13H15N3O3/c14-12(15)4-2-9(13(16)17)5-8-1-3-10-11(6-8)19-7-18-10/h1-4,6H,5,7,14-15H2,(H2,16,17). The van der Waals surface area contributed by atoms with Gasteiger partial charge in [-0.05, 0) is 29.8 Å². The molecule has 1 aromatic carbocycles. The van der Waals surface area contributed by atoms with Crippen molar-refractivity contribution in [2.45, 2.75) is 6.42 Å². The third kappa shape index (κ3) is 3.19. The van der Waals surface area contributed by atoms with Gasteiger partial charge < -0.3 is 26.7 Å². The highest BCUT2D eigenvalue weighted by Gasteiger charge is 2.14. The molecule has 2 rings (SSSR count). The first-order valence-corrected chi connectivity index (χ1v) is 5.66. The van der Waals surface area contributed by atoms with Gasteiger partial charge in [0.2, 0.25) is 12.7 Å². The molecule has 0 bridgehead atoms. The Hall–Kier alpha value is -2.63. The number of allylic oxidation sites excluding steroid dienone is 2. The molecular formula is C13H15N3O3. The summed E-state index contributed by atoms with van der Waals surface area (Å²) in [4.78, 5) is 11.3. The van der Waals surface area contributed by atoms with E-state index in [2.05, 4.69) is 0 Å². The highest BCUT2D eigenvalue weighted by Crippen LogP contribution is 2.33. The van der Waals surface area contributed by atoms with E-state index in [1.165, 1.54) is 12.2 Å². The highest BCUT2D eigenvalue weighted by atomic mass is 16.7. The van der Waals surface area contributed by atoms with Crippen LogP contribution in [0.25, 0.3) is 0 Å². The molecule has 0 atom stereocenters. The zero-order valence-corrected chi connectivity index (χ0v) is 10.3. The van der Waals surface area contributed by atoms with Crippen LogP contribution in [0.2, 0.25) is 0 Å². The minimum Gasteiger partial charge on any atom is -0.454 e. The third-order valence-electron chi connectivity index (χ3n) is 2.63. The van der Waals surface area contributed by atoms with Crippen LogP contribution in [-0.2, 0) is 11.2 Å². The van der Waals surface area contributed by atoms with E-state index in [-0.39, 0.29) is 12.6 Å². The van der Waals surface area contributed by atoms with Crippen molar-refractivity contribution in [3.63, 3.8) is 0 Å². The molecule has 100 valence electrons. The first-order chi connectivity index (χ1) is 9.06. The van der Waals surface area contributed by atoms with Gasteiger partial charge in [-0.2, -0.15) is 0 Å². The molecule has 0 aromatic heterocycles. The normalized spacial score (nSPS) is 13.2. The number of carbonyl (C=O) groups excluding carboxylic acids is 1. The number of ether oxygens (including phenoxy) is 2. The fourth-order valence-electron chi connectivity index (χ4n) is 1.70. The second-order valence-electron chi connectivity index (χ2n) is 4.09. The summed E-state index contributed by atoms with van der Waals surface area (Å²) in [6, 6.07) is 5.46. The molecule has 0 saturated carbocycles. The van der Waals surface area contributed by atoms with Gasteiger partial charge in [-0.25, -0.2) is 0 Å². The van der Waals surface area contributed by atoms with Crippen LogP contribution < -0.4 is 26.7 Å². The van der Waals surface area contributed by atoms with E-state index >= 15 is 0 Å². The Bertz CT molecular complexity index is 560. The smallest absolute Gasteiger partial charge is 0.244 e. The SMILES string of the molecule is NC(=O)C(=CC=C(N)N)Cc1ccc2c(c1)OCO2. The Morgan fingerprint density at radius 2 is 1.89 bits per heavy atom. The minimum atomic E-state index is -0.518. The predicted octanol–water partition coefficient (Wildman–Crippen LogP) is 0.128. The number of hydrogen-bond acceptors (Lipinski definition) is 5. The molecule has 6 nitrogen and oxygen atoms in total. The molecule has 0 saturated heterocycles. The van der Waals surface area contributed by atoms with Gasteiger partial charge in [-0.3, -0.25) is 4.79 Å². The molecule has 0 spiro atoms. The number of fused-ring (bicyclic) bond motifs is 1. The van der Waals surface area contributed by atoms with Crippen LogP contribution in [0.4, 0.5) is 0 Å². The van der Waals surface area contributed by atoms with Crippen LogP contribution in [0, 0.1) is 0 Å². The molecule has 0 aliphatic carbocycles. The van der Waals surface area contributed by atoms with Gasteiger partial charge in [0.15, 0.2) is 11.5 Å². The fraction of sp³-hybridized carbons (Fsp3) is 0.154. The minimum absolute atomic E-state index is 0.115. The molecule has 6 N–H and O–H groups in total. The van der Waals surface area contributed by atoms with Crippen molar-refractivity contribution in [3.8, 4) is 11.5 Å². The summed E-state index contributed by atoms with van der Waals surface area (Å²) >= 11 is 0. The van der Waals surface area contributed by atoms with Crippen LogP contribution in [0.15, 0.2) is 41.7 Å². The Balaban J connectivity index is 2.20. The first kappa shape index (κ1) is 12.8. The summed E-state index contributed by atoms with van der Waals surface area (Å²) in [6.45, 7) is 0.212. The monoisotopic (exact) mass is 261 g/mol. The predicted molar refractivity (Wildman–Crippen MR) is 70.0 cm³/mol. The van der Waals surface area contributed by atoms with E-state index in [0.717, 1.165) is 5.56 Å². The molecular weight excluding hydrogens is 246 g/mol. The van der Waals surface area contributed by atoms with Crippen LogP contribution in [0.3, 0.4) is 0 Å². The second-order valence-corrected chi connectivity index (χ2v) is 4.09. The molecule has 0 radical (unpaired) electrons. The average Bonchev–Trinajstić information content (AvgIpc) is 2.81. The van der Waals surface area contributed by atoms with E-state index in [1.807, 2.05) is 12.1 Å². The summed E-state index contributed by atoms with van der Waals surface area (Å²) in [5.41, 5.74) is 17.2. The van der Waals surface area contributed by atoms with E-state index in [0.29, 0.717) is 23.5 Å². The van der Waals surface area contributed by atoms with Crippen molar-refractivity contribution < 1.29 is 14.3 Å². The number of benzene rings is 1. The van der Waals surface area contributed by atoms with Crippen molar-refractivity contribution in [2.24, 2.45) is 17.2 Å². The zero-order chi connectivity index (χ0) is 13.8. The molecule has 19 heavy (non-hydrogen) atoms. The van der Waals surface area contributed by atoms with Crippen LogP contribution in [0.1, 0.15) is 5.56 Å². The van der Waals surface area contributed by atoms with Crippen molar-refractivity contribution in [3.05, 3.63) is 47.3 Å². The summed E-state index contributed by atoms with van der Waals surface area (Å²) in [5, 5.41) is 0. The Labute approximate surface area is 110 Å². The molecule has 6 heteroatoms. The van der Waals surface area contributed by atoms with Crippen molar-refractivity contribution in [1.82, 2.24) is 0 Å². The van der Waals surface area contributed by atoms with Gasteiger partial charge >= 0.3 is 0 Å². The van der Waals surface area contributed by atoms with Crippen molar-refractivity contribution in [1.29, 1.82) is 0 Å². The number of carbonyl (C=O) groups is 1. The van der Waals surface area contributed by atoms with Crippen LogP contribution in [-0.4, -0.2) is 12.7 Å². The van der Waals surface area contributed by atoms with Gasteiger partial charge in [0, 0.05) is 12.0 Å². The van der Waals surface area contributed by atoms with Crippen LogP contribution in [0.5, 0.6) is 11.5 Å². The van der Waals surface area contributed by atoms with E-state index < -0.39 is 5.91 Å². The maximum Gasteiger partial charge on any atom is 0.244 e. The summed E-state index contributed by atoms with van der Waals surface area (Å²) in [7, 11) is 0. The molecule has 1 aromatic rings. The van der Waals surface area contributed by atoms with Crippen molar-refractivity contribution in [2.75, 3.05) is 6.79 Å². The van der Waals surface area contributed by atoms with E-state index in [4.69, 9.17) is 26.7 Å². The summed E-state index contributed by atoms with van der Waals surface area (Å²) in [6.07, 6.45) is 3.32.